The van der Waals surface area contributed by atoms with Gasteiger partial charge in [-0.2, -0.15) is 0 Å². The summed E-state index contributed by atoms with van der Waals surface area (Å²) in [5.74, 6) is 0.478. The lowest BCUT2D eigenvalue weighted by molar-refractivity contribution is 0.102. The number of phenolic OH excluding ortho intramolecular Hbond substituents is 1. The molecule has 2 aromatic rings. The van der Waals surface area contributed by atoms with Gasteiger partial charge in [0.1, 0.15) is 11.5 Å². The molecule has 0 fully saturated rings. The highest BCUT2D eigenvalue weighted by Gasteiger charge is 2.15. The molecule has 0 atom stereocenters. The van der Waals surface area contributed by atoms with Crippen molar-refractivity contribution in [3.63, 3.8) is 0 Å². The SMILES string of the molecule is O=C(Nc1ccc2c(c1)CCO2)c1cc(Br)ccc1O. The second-order valence-electron chi connectivity index (χ2n) is 4.54. The molecule has 20 heavy (non-hydrogen) atoms. The molecule has 1 amide bonds. The minimum Gasteiger partial charge on any atom is -0.507 e. The average molecular weight is 334 g/mol. The van der Waals surface area contributed by atoms with E-state index < -0.39 is 0 Å². The Balaban J connectivity index is 1.84. The number of aromatic hydroxyl groups is 1. The smallest absolute Gasteiger partial charge is 0.259 e. The van der Waals surface area contributed by atoms with Gasteiger partial charge in [-0.1, -0.05) is 15.9 Å². The Morgan fingerprint density at radius 3 is 2.95 bits per heavy atom. The molecule has 0 aromatic heterocycles. The second-order valence-corrected chi connectivity index (χ2v) is 5.45. The van der Waals surface area contributed by atoms with Gasteiger partial charge in [0.15, 0.2) is 0 Å². The molecule has 0 saturated carbocycles. The van der Waals surface area contributed by atoms with Gasteiger partial charge < -0.3 is 15.2 Å². The Bertz CT molecular complexity index is 685. The molecule has 0 aliphatic carbocycles. The highest BCUT2D eigenvalue weighted by atomic mass is 79.9. The number of fused-ring (bicyclic) bond motifs is 1. The minimum atomic E-state index is -0.345. The lowest BCUT2D eigenvalue weighted by Crippen LogP contribution is -2.12. The van der Waals surface area contributed by atoms with Crippen molar-refractivity contribution < 1.29 is 14.6 Å². The fourth-order valence-corrected chi connectivity index (χ4v) is 2.51. The molecule has 2 aromatic carbocycles. The molecular formula is C15H12BrNO3. The molecule has 0 spiro atoms. The van der Waals surface area contributed by atoms with E-state index in [1.54, 1.807) is 18.2 Å². The van der Waals surface area contributed by atoms with Crippen LogP contribution in [0.3, 0.4) is 0 Å². The summed E-state index contributed by atoms with van der Waals surface area (Å²) in [4.78, 5) is 12.2. The van der Waals surface area contributed by atoms with E-state index in [9.17, 15) is 9.90 Å². The first-order valence-electron chi connectivity index (χ1n) is 6.19. The van der Waals surface area contributed by atoms with Crippen LogP contribution in [0.5, 0.6) is 11.5 Å². The van der Waals surface area contributed by atoms with Crippen molar-refractivity contribution in [2.75, 3.05) is 11.9 Å². The predicted octanol–water partition coefficient (Wildman–Crippen LogP) is 3.34. The van der Waals surface area contributed by atoms with Crippen molar-refractivity contribution in [1.82, 2.24) is 0 Å². The molecule has 5 heteroatoms. The summed E-state index contributed by atoms with van der Waals surface area (Å²) in [7, 11) is 0. The quantitative estimate of drug-likeness (QED) is 0.886. The van der Waals surface area contributed by atoms with E-state index in [1.807, 2.05) is 12.1 Å². The molecule has 2 N–H and O–H groups in total. The molecule has 0 unspecified atom stereocenters. The zero-order valence-corrected chi connectivity index (χ0v) is 12.1. The number of rotatable bonds is 2. The molecular weight excluding hydrogens is 322 g/mol. The number of ether oxygens (including phenoxy) is 1. The second kappa shape index (κ2) is 5.17. The third-order valence-corrected chi connectivity index (χ3v) is 3.64. The largest absolute Gasteiger partial charge is 0.507 e. The number of benzene rings is 2. The molecule has 3 rings (SSSR count). The van der Waals surface area contributed by atoms with Crippen molar-refractivity contribution in [3.8, 4) is 11.5 Å². The van der Waals surface area contributed by atoms with Crippen molar-refractivity contribution in [2.45, 2.75) is 6.42 Å². The summed E-state index contributed by atoms with van der Waals surface area (Å²) in [6.07, 6.45) is 0.848. The van der Waals surface area contributed by atoms with Crippen molar-refractivity contribution >= 4 is 27.5 Å². The van der Waals surface area contributed by atoms with Crippen molar-refractivity contribution in [2.24, 2.45) is 0 Å². The number of carbonyl (C=O) groups is 1. The van der Waals surface area contributed by atoms with E-state index in [0.717, 1.165) is 22.2 Å². The molecule has 1 aliphatic heterocycles. The molecule has 1 heterocycles. The third-order valence-electron chi connectivity index (χ3n) is 3.15. The van der Waals surface area contributed by atoms with E-state index >= 15 is 0 Å². The Morgan fingerprint density at radius 2 is 2.10 bits per heavy atom. The van der Waals surface area contributed by atoms with E-state index in [2.05, 4.69) is 21.2 Å². The first-order valence-corrected chi connectivity index (χ1v) is 6.98. The van der Waals surface area contributed by atoms with Crippen LogP contribution in [0.4, 0.5) is 5.69 Å². The maximum Gasteiger partial charge on any atom is 0.259 e. The minimum absolute atomic E-state index is 0.0461. The first kappa shape index (κ1) is 13.0. The standard InChI is InChI=1S/C15H12BrNO3/c16-10-1-3-13(18)12(8-10)15(19)17-11-2-4-14-9(7-11)5-6-20-14/h1-4,7-8,18H,5-6H2,(H,17,19). The monoisotopic (exact) mass is 333 g/mol. The number of phenols is 1. The molecule has 102 valence electrons. The number of hydrogen-bond acceptors (Lipinski definition) is 3. The number of halogens is 1. The van der Waals surface area contributed by atoms with E-state index in [4.69, 9.17) is 4.74 Å². The number of nitrogens with one attached hydrogen (secondary N) is 1. The van der Waals surface area contributed by atoms with Gasteiger partial charge in [0.2, 0.25) is 0 Å². The van der Waals surface area contributed by atoms with E-state index in [-0.39, 0.29) is 17.2 Å². The van der Waals surface area contributed by atoms with Gasteiger partial charge in [-0.25, -0.2) is 0 Å². The van der Waals surface area contributed by atoms with Gasteiger partial charge in [-0.05, 0) is 42.0 Å². The molecule has 0 bridgehead atoms. The zero-order valence-electron chi connectivity index (χ0n) is 10.5. The molecule has 0 radical (unpaired) electrons. The van der Waals surface area contributed by atoms with Crippen LogP contribution in [0.25, 0.3) is 0 Å². The van der Waals surface area contributed by atoms with Crippen LogP contribution in [-0.4, -0.2) is 17.6 Å². The van der Waals surface area contributed by atoms with Crippen LogP contribution in [0.1, 0.15) is 15.9 Å². The molecule has 4 nitrogen and oxygen atoms in total. The normalized spacial score (nSPS) is 12.7. The van der Waals surface area contributed by atoms with Crippen LogP contribution in [0.15, 0.2) is 40.9 Å². The summed E-state index contributed by atoms with van der Waals surface area (Å²) in [5, 5.41) is 12.5. The highest BCUT2D eigenvalue weighted by Crippen LogP contribution is 2.29. The van der Waals surface area contributed by atoms with Crippen LogP contribution in [0, 0.1) is 0 Å². The number of hydrogen-bond donors (Lipinski definition) is 2. The van der Waals surface area contributed by atoms with Crippen molar-refractivity contribution in [1.29, 1.82) is 0 Å². The number of carbonyl (C=O) groups excluding carboxylic acids is 1. The van der Waals surface area contributed by atoms with Gasteiger partial charge in [0.25, 0.3) is 5.91 Å². The van der Waals surface area contributed by atoms with Gasteiger partial charge in [0, 0.05) is 16.6 Å². The average Bonchev–Trinajstić information content (AvgIpc) is 2.89. The lowest BCUT2D eigenvalue weighted by Gasteiger charge is -2.08. The van der Waals surface area contributed by atoms with Crippen LogP contribution < -0.4 is 10.1 Å². The van der Waals surface area contributed by atoms with Crippen LogP contribution in [-0.2, 0) is 6.42 Å². The summed E-state index contributed by atoms with van der Waals surface area (Å²) in [6.45, 7) is 0.680. The molecule has 0 saturated heterocycles. The van der Waals surface area contributed by atoms with Gasteiger partial charge in [-0.3, -0.25) is 4.79 Å². The van der Waals surface area contributed by atoms with Gasteiger partial charge in [0.05, 0.1) is 12.2 Å². The number of anilines is 1. The van der Waals surface area contributed by atoms with Crippen LogP contribution in [0.2, 0.25) is 0 Å². The fraction of sp³-hybridized carbons (Fsp3) is 0.133. The third kappa shape index (κ3) is 2.49. The fourth-order valence-electron chi connectivity index (χ4n) is 2.15. The Hall–Kier alpha value is -2.01. The zero-order chi connectivity index (χ0) is 14.1. The van der Waals surface area contributed by atoms with Gasteiger partial charge in [-0.15, -0.1) is 0 Å². The van der Waals surface area contributed by atoms with E-state index in [0.29, 0.717) is 12.3 Å². The van der Waals surface area contributed by atoms with Gasteiger partial charge >= 0.3 is 0 Å². The Kier molecular flexibility index (Phi) is 3.36. The van der Waals surface area contributed by atoms with E-state index in [1.165, 1.54) is 6.07 Å². The van der Waals surface area contributed by atoms with Crippen LogP contribution >= 0.6 is 15.9 Å². The first-order chi connectivity index (χ1) is 9.63. The summed E-state index contributed by atoms with van der Waals surface area (Å²) in [6, 6.07) is 10.3. The maximum atomic E-state index is 12.2. The summed E-state index contributed by atoms with van der Waals surface area (Å²) >= 11 is 3.28. The summed E-state index contributed by atoms with van der Waals surface area (Å²) in [5.41, 5.74) is 2.01. The Labute approximate surface area is 124 Å². The number of amides is 1. The predicted molar refractivity (Wildman–Crippen MR) is 79.4 cm³/mol. The topological polar surface area (TPSA) is 58.6 Å². The Morgan fingerprint density at radius 1 is 1.25 bits per heavy atom. The summed E-state index contributed by atoms with van der Waals surface area (Å²) < 4.78 is 6.16. The maximum absolute atomic E-state index is 12.2. The highest BCUT2D eigenvalue weighted by molar-refractivity contribution is 9.10. The molecule has 1 aliphatic rings. The van der Waals surface area contributed by atoms with Crippen molar-refractivity contribution in [3.05, 3.63) is 52.0 Å². The lowest BCUT2D eigenvalue weighted by atomic mass is 10.1.